The van der Waals surface area contributed by atoms with Gasteiger partial charge in [0.25, 0.3) is 0 Å². The molecule has 2 heterocycles. The predicted molar refractivity (Wildman–Crippen MR) is 105 cm³/mol. The molecule has 0 aliphatic carbocycles. The number of carbonyl (C=O) groups is 1. The van der Waals surface area contributed by atoms with Gasteiger partial charge in [0.15, 0.2) is 0 Å². The zero-order valence-electron chi connectivity index (χ0n) is 15.5. The highest BCUT2D eigenvalue weighted by molar-refractivity contribution is 5.92. The quantitative estimate of drug-likeness (QED) is 0.592. The third kappa shape index (κ3) is 4.29. The van der Waals surface area contributed by atoms with E-state index in [2.05, 4.69) is 0 Å². The zero-order chi connectivity index (χ0) is 20.4. The van der Waals surface area contributed by atoms with E-state index < -0.39 is 11.7 Å². The lowest BCUT2D eigenvalue weighted by atomic mass is 10.1. The van der Waals surface area contributed by atoms with Crippen LogP contribution in [0.4, 0.5) is 18.9 Å². The average molecular weight is 400 g/mol. The SMILES string of the molecule is O=C(/C=C/c1cc2ccccc2o1)N1CCN(c2cccc(C(F)(F)F)c2)CC1. The van der Waals surface area contributed by atoms with Crippen LogP contribution in [0.25, 0.3) is 17.0 Å². The maximum atomic E-state index is 12.9. The number of furan rings is 1. The molecule has 7 heteroatoms. The number of fused-ring (bicyclic) bond motifs is 1. The smallest absolute Gasteiger partial charge is 0.416 e. The number of benzene rings is 2. The first-order chi connectivity index (χ1) is 13.9. The Kier molecular flexibility index (Phi) is 5.05. The molecule has 1 saturated heterocycles. The molecule has 2 aromatic carbocycles. The molecule has 4 rings (SSSR count). The molecule has 0 saturated carbocycles. The number of carbonyl (C=O) groups excluding carboxylic acids is 1. The van der Waals surface area contributed by atoms with Gasteiger partial charge in [-0.3, -0.25) is 4.79 Å². The number of piperazine rings is 1. The van der Waals surface area contributed by atoms with Gasteiger partial charge < -0.3 is 14.2 Å². The Hall–Kier alpha value is -3.22. The van der Waals surface area contributed by atoms with Gasteiger partial charge in [-0.15, -0.1) is 0 Å². The molecule has 0 bridgehead atoms. The van der Waals surface area contributed by atoms with Crippen molar-refractivity contribution in [1.82, 2.24) is 4.90 Å². The van der Waals surface area contributed by atoms with Crippen molar-refractivity contribution in [2.75, 3.05) is 31.1 Å². The fourth-order valence-electron chi connectivity index (χ4n) is 3.41. The summed E-state index contributed by atoms with van der Waals surface area (Å²) in [4.78, 5) is 16.0. The number of para-hydroxylation sites is 1. The topological polar surface area (TPSA) is 36.7 Å². The molecule has 0 spiro atoms. The van der Waals surface area contributed by atoms with Gasteiger partial charge in [0, 0.05) is 43.3 Å². The minimum Gasteiger partial charge on any atom is -0.457 e. The van der Waals surface area contributed by atoms with Crippen LogP contribution in [-0.4, -0.2) is 37.0 Å². The molecule has 150 valence electrons. The summed E-state index contributed by atoms with van der Waals surface area (Å²) in [5, 5.41) is 0.967. The molecule has 1 amide bonds. The maximum absolute atomic E-state index is 12.9. The van der Waals surface area contributed by atoms with Gasteiger partial charge in [0.05, 0.1) is 5.56 Å². The molecule has 0 N–H and O–H groups in total. The van der Waals surface area contributed by atoms with Crippen molar-refractivity contribution in [2.45, 2.75) is 6.18 Å². The molecular formula is C22H19F3N2O2. The van der Waals surface area contributed by atoms with Crippen molar-refractivity contribution in [3.63, 3.8) is 0 Å². The predicted octanol–water partition coefficient (Wildman–Crippen LogP) is 4.81. The minimum absolute atomic E-state index is 0.144. The number of anilines is 1. The first kappa shape index (κ1) is 19.1. The Morgan fingerprint density at radius 3 is 2.45 bits per heavy atom. The van der Waals surface area contributed by atoms with E-state index in [-0.39, 0.29) is 5.91 Å². The number of amides is 1. The molecule has 29 heavy (non-hydrogen) atoms. The standard InChI is InChI=1S/C22H19F3N2O2/c23-22(24,25)17-5-3-6-18(15-17)26-10-12-27(13-11-26)21(28)9-8-19-14-16-4-1-2-7-20(16)29-19/h1-9,14-15H,10-13H2/b9-8+. The van der Waals surface area contributed by atoms with Gasteiger partial charge in [-0.05, 0) is 36.4 Å². The summed E-state index contributed by atoms with van der Waals surface area (Å²) < 4.78 is 44.4. The highest BCUT2D eigenvalue weighted by Crippen LogP contribution is 2.32. The van der Waals surface area contributed by atoms with E-state index in [1.54, 1.807) is 17.0 Å². The van der Waals surface area contributed by atoms with Crippen LogP contribution in [-0.2, 0) is 11.0 Å². The first-order valence-corrected chi connectivity index (χ1v) is 9.28. The van der Waals surface area contributed by atoms with Crippen LogP contribution in [0.15, 0.2) is 65.1 Å². The van der Waals surface area contributed by atoms with Crippen LogP contribution < -0.4 is 4.90 Å². The van der Waals surface area contributed by atoms with Gasteiger partial charge in [-0.1, -0.05) is 24.3 Å². The van der Waals surface area contributed by atoms with E-state index in [9.17, 15) is 18.0 Å². The van der Waals surface area contributed by atoms with Crippen molar-refractivity contribution >= 4 is 28.6 Å². The van der Waals surface area contributed by atoms with Crippen molar-refractivity contribution in [2.24, 2.45) is 0 Å². The minimum atomic E-state index is -4.37. The molecule has 1 fully saturated rings. The van der Waals surface area contributed by atoms with E-state index in [0.29, 0.717) is 37.6 Å². The van der Waals surface area contributed by atoms with E-state index in [1.165, 1.54) is 12.1 Å². The number of hydrogen-bond acceptors (Lipinski definition) is 3. The average Bonchev–Trinajstić information content (AvgIpc) is 3.15. The van der Waals surface area contributed by atoms with Crippen molar-refractivity contribution in [3.05, 3.63) is 72.0 Å². The molecular weight excluding hydrogens is 381 g/mol. The summed E-state index contributed by atoms with van der Waals surface area (Å²) in [5.74, 6) is 0.455. The second-order valence-electron chi connectivity index (χ2n) is 6.88. The third-order valence-corrected chi connectivity index (χ3v) is 4.96. The Morgan fingerprint density at radius 1 is 0.966 bits per heavy atom. The summed E-state index contributed by atoms with van der Waals surface area (Å²) in [6, 6.07) is 14.7. The third-order valence-electron chi connectivity index (χ3n) is 4.96. The van der Waals surface area contributed by atoms with Gasteiger partial charge in [-0.25, -0.2) is 0 Å². The van der Waals surface area contributed by atoms with Crippen LogP contribution in [0.2, 0.25) is 0 Å². The van der Waals surface area contributed by atoms with E-state index in [0.717, 1.165) is 23.1 Å². The number of alkyl halides is 3. The number of rotatable bonds is 3. The summed E-state index contributed by atoms with van der Waals surface area (Å²) in [6.07, 6.45) is -1.26. The second-order valence-corrected chi connectivity index (χ2v) is 6.88. The van der Waals surface area contributed by atoms with Crippen LogP contribution in [0.5, 0.6) is 0 Å². The lowest BCUT2D eigenvalue weighted by molar-refractivity contribution is -0.137. The summed E-state index contributed by atoms with van der Waals surface area (Å²) in [6.45, 7) is 1.84. The fourth-order valence-corrected chi connectivity index (χ4v) is 3.41. The molecule has 1 aromatic heterocycles. The first-order valence-electron chi connectivity index (χ1n) is 9.28. The monoisotopic (exact) mass is 400 g/mol. The Labute approximate surface area is 165 Å². The summed E-state index contributed by atoms with van der Waals surface area (Å²) in [7, 11) is 0. The highest BCUT2D eigenvalue weighted by atomic mass is 19.4. The Balaban J connectivity index is 1.37. The van der Waals surface area contributed by atoms with E-state index >= 15 is 0 Å². The van der Waals surface area contributed by atoms with Crippen molar-refractivity contribution in [1.29, 1.82) is 0 Å². The largest absolute Gasteiger partial charge is 0.457 e. The molecule has 3 aromatic rings. The van der Waals surface area contributed by atoms with E-state index in [4.69, 9.17) is 4.42 Å². The summed E-state index contributed by atoms with van der Waals surface area (Å²) >= 11 is 0. The van der Waals surface area contributed by atoms with Gasteiger partial charge >= 0.3 is 6.18 Å². The van der Waals surface area contributed by atoms with Crippen molar-refractivity contribution in [3.8, 4) is 0 Å². The Morgan fingerprint density at radius 2 is 1.72 bits per heavy atom. The molecule has 0 radical (unpaired) electrons. The highest BCUT2D eigenvalue weighted by Gasteiger charge is 2.31. The lowest BCUT2D eigenvalue weighted by Crippen LogP contribution is -2.48. The normalized spacial score (nSPS) is 15.4. The number of halogens is 3. The van der Waals surface area contributed by atoms with Gasteiger partial charge in [0.2, 0.25) is 5.91 Å². The molecule has 0 unspecified atom stereocenters. The van der Waals surface area contributed by atoms with Crippen LogP contribution in [0.3, 0.4) is 0 Å². The molecule has 1 aliphatic rings. The lowest BCUT2D eigenvalue weighted by Gasteiger charge is -2.35. The molecule has 4 nitrogen and oxygen atoms in total. The fraction of sp³-hybridized carbons (Fsp3) is 0.227. The van der Waals surface area contributed by atoms with Gasteiger partial charge in [-0.2, -0.15) is 13.2 Å². The summed E-state index contributed by atoms with van der Waals surface area (Å²) in [5.41, 5.74) is 0.612. The van der Waals surface area contributed by atoms with Gasteiger partial charge in [0.1, 0.15) is 11.3 Å². The van der Waals surface area contributed by atoms with Crippen LogP contribution >= 0.6 is 0 Å². The number of nitrogens with zero attached hydrogens (tertiary/aromatic N) is 2. The maximum Gasteiger partial charge on any atom is 0.416 e. The Bertz CT molecular complexity index is 1010. The van der Waals surface area contributed by atoms with Crippen molar-refractivity contribution < 1.29 is 22.4 Å². The second kappa shape index (κ2) is 7.66. The molecule has 1 aliphatic heterocycles. The number of hydrogen-bond donors (Lipinski definition) is 0. The zero-order valence-corrected chi connectivity index (χ0v) is 15.5. The van der Waals surface area contributed by atoms with Crippen LogP contribution in [0, 0.1) is 0 Å². The van der Waals surface area contributed by atoms with Crippen LogP contribution in [0.1, 0.15) is 11.3 Å². The van der Waals surface area contributed by atoms with E-state index in [1.807, 2.05) is 35.2 Å². The molecule has 0 atom stereocenters.